The SMILES string of the molecule is C[C@@H](Nc1ccc2c(c1)n(C)c(=O)n2C)c1ccc(C#N)cc1. The Bertz CT molecular complexity index is 958. The largest absolute Gasteiger partial charge is 0.378 e. The van der Waals surface area contributed by atoms with Gasteiger partial charge in [-0.15, -0.1) is 0 Å². The highest BCUT2D eigenvalue weighted by molar-refractivity contribution is 5.80. The molecule has 5 nitrogen and oxygen atoms in total. The van der Waals surface area contributed by atoms with E-state index in [0.29, 0.717) is 5.56 Å². The van der Waals surface area contributed by atoms with Gasteiger partial charge in [-0.25, -0.2) is 4.79 Å². The molecule has 0 unspecified atom stereocenters. The molecule has 0 saturated carbocycles. The van der Waals surface area contributed by atoms with Gasteiger partial charge in [0.15, 0.2) is 0 Å². The van der Waals surface area contributed by atoms with Crippen molar-refractivity contribution in [3.05, 3.63) is 64.1 Å². The minimum Gasteiger partial charge on any atom is -0.378 e. The first-order valence-electron chi connectivity index (χ1n) is 7.43. The minimum absolute atomic E-state index is 0.0303. The van der Waals surface area contributed by atoms with Gasteiger partial charge in [0.2, 0.25) is 0 Å². The van der Waals surface area contributed by atoms with Crippen LogP contribution in [0.4, 0.5) is 5.69 Å². The normalized spacial score (nSPS) is 12.1. The summed E-state index contributed by atoms with van der Waals surface area (Å²) in [4.78, 5) is 12.0. The Labute approximate surface area is 134 Å². The van der Waals surface area contributed by atoms with Crippen molar-refractivity contribution in [2.45, 2.75) is 13.0 Å². The van der Waals surface area contributed by atoms with Crippen molar-refractivity contribution in [2.75, 3.05) is 5.32 Å². The molecular weight excluding hydrogens is 288 g/mol. The zero-order valence-corrected chi connectivity index (χ0v) is 13.4. The lowest BCUT2D eigenvalue weighted by atomic mass is 10.1. The van der Waals surface area contributed by atoms with Crippen LogP contribution in [-0.2, 0) is 14.1 Å². The lowest BCUT2D eigenvalue weighted by Gasteiger charge is -2.16. The number of imidazole rings is 1. The first kappa shape index (κ1) is 14.9. The van der Waals surface area contributed by atoms with Crippen LogP contribution in [0.5, 0.6) is 0 Å². The summed E-state index contributed by atoms with van der Waals surface area (Å²) in [6.07, 6.45) is 0. The van der Waals surface area contributed by atoms with Gasteiger partial charge in [0.1, 0.15) is 0 Å². The average Bonchev–Trinajstić information content (AvgIpc) is 2.79. The molecule has 0 aliphatic heterocycles. The van der Waals surface area contributed by atoms with Crippen molar-refractivity contribution >= 4 is 16.7 Å². The first-order valence-corrected chi connectivity index (χ1v) is 7.43. The van der Waals surface area contributed by atoms with Crippen molar-refractivity contribution in [2.24, 2.45) is 14.1 Å². The molecule has 1 N–H and O–H groups in total. The van der Waals surface area contributed by atoms with E-state index in [4.69, 9.17) is 5.26 Å². The second-order valence-corrected chi connectivity index (χ2v) is 5.70. The summed E-state index contributed by atoms with van der Waals surface area (Å²) in [5.41, 5.74) is 4.49. The topological polar surface area (TPSA) is 62.8 Å². The van der Waals surface area contributed by atoms with Crippen molar-refractivity contribution in [3.8, 4) is 6.07 Å². The van der Waals surface area contributed by atoms with Crippen LogP contribution in [0.3, 0.4) is 0 Å². The third-order valence-corrected chi connectivity index (χ3v) is 4.19. The summed E-state index contributed by atoms with van der Waals surface area (Å²) in [7, 11) is 3.55. The Kier molecular flexibility index (Phi) is 3.67. The van der Waals surface area contributed by atoms with Gasteiger partial charge in [0.25, 0.3) is 0 Å². The molecule has 0 aliphatic rings. The maximum atomic E-state index is 12.0. The fourth-order valence-electron chi connectivity index (χ4n) is 2.78. The van der Waals surface area contributed by atoms with Gasteiger partial charge in [-0.2, -0.15) is 5.26 Å². The monoisotopic (exact) mass is 306 g/mol. The number of nitrogens with one attached hydrogen (secondary N) is 1. The fourth-order valence-corrected chi connectivity index (χ4v) is 2.78. The Morgan fingerprint density at radius 2 is 1.70 bits per heavy atom. The van der Waals surface area contributed by atoms with Crippen LogP contribution in [-0.4, -0.2) is 9.13 Å². The van der Waals surface area contributed by atoms with Crippen molar-refractivity contribution in [1.82, 2.24) is 9.13 Å². The number of anilines is 1. The lowest BCUT2D eigenvalue weighted by Crippen LogP contribution is -2.19. The molecule has 0 spiro atoms. The maximum absolute atomic E-state index is 12.0. The molecule has 3 aromatic rings. The Hall–Kier alpha value is -3.00. The average molecular weight is 306 g/mol. The molecule has 0 bridgehead atoms. The molecule has 1 aromatic heterocycles. The molecule has 1 heterocycles. The minimum atomic E-state index is -0.0303. The number of rotatable bonds is 3. The summed E-state index contributed by atoms with van der Waals surface area (Å²) < 4.78 is 3.29. The third-order valence-electron chi connectivity index (χ3n) is 4.19. The van der Waals surface area contributed by atoms with E-state index in [9.17, 15) is 4.79 Å². The molecule has 0 amide bonds. The molecule has 1 atom stereocenters. The zero-order valence-electron chi connectivity index (χ0n) is 13.4. The fraction of sp³-hybridized carbons (Fsp3) is 0.222. The number of aryl methyl sites for hydroxylation is 2. The van der Waals surface area contributed by atoms with Gasteiger partial charge in [0, 0.05) is 25.8 Å². The summed E-state index contributed by atoms with van der Waals surface area (Å²) in [6, 6.07) is 15.7. The summed E-state index contributed by atoms with van der Waals surface area (Å²) in [5.74, 6) is 0. The number of hydrogen-bond donors (Lipinski definition) is 1. The van der Waals surface area contributed by atoms with Crippen molar-refractivity contribution in [3.63, 3.8) is 0 Å². The van der Waals surface area contributed by atoms with E-state index in [0.717, 1.165) is 22.3 Å². The van der Waals surface area contributed by atoms with E-state index in [1.807, 2.05) is 42.5 Å². The summed E-state index contributed by atoms with van der Waals surface area (Å²) in [5, 5.41) is 12.3. The quantitative estimate of drug-likeness (QED) is 0.809. The van der Waals surface area contributed by atoms with Crippen LogP contribution in [0.25, 0.3) is 11.0 Å². The highest BCUT2D eigenvalue weighted by Gasteiger charge is 2.10. The number of fused-ring (bicyclic) bond motifs is 1. The first-order chi connectivity index (χ1) is 11.0. The summed E-state index contributed by atoms with van der Waals surface area (Å²) >= 11 is 0. The van der Waals surface area contributed by atoms with Crippen LogP contribution in [0.15, 0.2) is 47.3 Å². The molecule has 0 saturated heterocycles. The van der Waals surface area contributed by atoms with E-state index in [1.54, 1.807) is 23.2 Å². The van der Waals surface area contributed by atoms with E-state index in [2.05, 4.69) is 18.3 Å². The molecular formula is C18H18N4O. The van der Waals surface area contributed by atoms with Crippen LogP contribution in [0, 0.1) is 11.3 Å². The standard InChI is InChI=1S/C18H18N4O/c1-12(14-6-4-13(11-19)5-7-14)20-15-8-9-16-17(10-15)22(3)18(23)21(16)2/h4-10,12,20H,1-3H3/t12-/m1/s1. The van der Waals surface area contributed by atoms with Crippen LogP contribution < -0.4 is 11.0 Å². The number of aromatic nitrogens is 2. The molecule has 2 aromatic carbocycles. The Morgan fingerprint density at radius 1 is 1.04 bits per heavy atom. The Morgan fingerprint density at radius 3 is 2.35 bits per heavy atom. The number of nitriles is 1. The van der Waals surface area contributed by atoms with Crippen LogP contribution >= 0.6 is 0 Å². The lowest BCUT2D eigenvalue weighted by molar-refractivity contribution is 0.795. The van der Waals surface area contributed by atoms with E-state index in [1.165, 1.54) is 0 Å². The molecule has 3 rings (SSSR count). The van der Waals surface area contributed by atoms with Gasteiger partial charge in [-0.3, -0.25) is 9.13 Å². The molecule has 23 heavy (non-hydrogen) atoms. The molecule has 0 aliphatic carbocycles. The second kappa shape index (κ2) is 5.65. The van der Waals surface area contributed by atoms with E-state index < -0.39 is 0 Å². The zero-order chi connectivity index (χ0) is 16.6. The maximum Gasteiger partial charge on any atom is 0.328 e. The van der Waals surface area contributed by atoms with E-state index in [-0.39, 0.29) is 11.7 Å². The molecule has 5 heteroatoms. The van der Waals surface area contributed by atoms with E-state index >= 15 is 0 Å². The summed E-state index contributed by atoms with van der Waals surface area (Å²) in [6.45, 7) is 2.07. The number of benzene rings is 2. The smallest absolute Gasteiger partial charge is 0.328 e. The van der Waals surface area contributed by atoms with Gasteiger partial charge in [0.05, 0.1) is 22.7 Å². The van der Waals surface area contributed by atoms with Crippen LogP contribution in [0.2, 0.25) is 0 Å². The Balaban J connectivity index is 1.90. The third kappa shape index (κ3) is 2.59. The van der Waals surface area contributed by atoms with Gasteiger partial charge < -0.3 is 5.32 Å². The predicted octanol–water partition coefficient (Wildman–Crippen LogP) is 2.92. The van der Waals surface area contributed by atoms with Crippen molar-refractivity contribution in [1.29, 1.82) is 5.26 Å². The van der Waals surface area contributed by atoms with Gasteiger partial charge in [-0.1, -0.05) is 12.1 Å². The number of nitrogens with zero attached hydrogens (tertiary/aromatic N) is 3. The number of hydrogen-bond acceptors (Lipinski definition) is 3. The molecule has 0 radical (unpaired) electrons. The molecule has 0 fully saturated rings. The van der Waals surface area contributed by atoms with Crippen molar-refractivity contribution < 1.29 is 0 Å². The van der Waals surface area contributed by atoms with Crippen LogP contribution in [0.1, 0.15) is 24.1 Å². The highest BCUT2D eigenvalue weighted by Crippen LogP contribution is 2.23. The highest BCUT2D eigenvalue weighted by atomic mass is 16.1. The second-order valence-electron chi connectivity index (χ2n) is 5.70. The molecule has 116 valence electrons. The predicted molar refractivity (Wildman–Crippen MR) is 91.4 cm³/mol. The van der Waals surface area contributed by atoms with Gasteiger partial charge in [-0.05, 0) is 42.8 Å². The van der Waals surface area contributed by atoms with Gasteiger partial charge >= 0.3 is 5.69 Å².